The molecule has 1 atom stereocenters. The number of carbonyl (C=O) groups excluding carboxylic acids is 2. The van der Waals surface area contributed by atoms with Gasteiger partial charge in [0.25, 0.3) is 0 Å². The van der Waals surface area contributed by atoms with Crippen molar-refractivity contribution in [3.63, 3.8) is 0 Å². The zero-order valence-corrected chi connectivity index (χ0v) is 21.4. The van der Waals surface area contributed by atoms with E-state index in [1.165, 1.54) is 6.07 Å². The maximum Gasteiger partial charge on any atom is 0.242 e. The van der Waals surface area contributed by atoms with Gasteiger partial charge in [-0.3, -0.25) is 9.59 Å². The minimum Gasteiger partial charge on any atom is -0.325 e. The number of benzene rings is 2. The van der Waals surface area contributed by atoms with E-state index in [1.54, 1.807) is 17.0 Å². The fraction of sp³-hybridized carbons (Fsp3) is 0.462. The molecule has 0 fully saturated rings. The number of anilines is 2. The molecule has 0 saturated heterocycles. The van der Waals surface area contributed by atoms with E-state index in [9.17, 15) is 18.0 Å². The van der Waals surface area contributed by atoms with Gasteiger partial charge in [-0.25, -0.2) is 8.42 Å². The van der Waals surface area contributed by atoms with Gasteiger partial charge in [-0.15, -0.1) is 0 Å². The Morgan fingerprint density at radius 2 is 1.71 bits per heavy atom. The molecule has 2 N–H and O–H groups in total. The normalized spacial score (nSPS) is 14.4. The Morgan fingerprint density at radius 3 is 2.29 bits per heavy atom. The summed E-state index contributed by atoms with van der Waals surface area (Å²) in [6.07, 6.45) is 1.36. The van der Waals surface area contributed by atoms with Crippen molar-refractivity contribution < 1.29 is 18.0 Å². The van der Waals surface area contributed by atoms with Gasteiger partial charge in [0, 0.05) is 24.3 Å². The Hall–Kier alpha value is -2.71. The molecule has 0 aliphatic carbocycles. The molecule has 1 aliphatic rings. The third-order valence-electron chi connectivity index (χ3n) is 6.03. The van der Waals surface area contributed by atoms with E-state index in [1.807, 2.05) is 45.0 Å². The summed E-state index contributed by atoms with van der Waals surface area (Å²) in [7, 11) is -3.94. The lowest BCUT2D eigenvalue weighted by Gasteiger charge is -2.21. The molecule has 2 aromatic carbocycles. The highest BCUT2D eigenvalue weighted by Gasteiger charge is 2.29. The first-order chi connectivity index (χ1) is 16.0. The van der Waals surface area contributed by atoms with Crippen LogP contribution in [0.2, 0.25) is 0 Å². The molecule has 0 bridgehead atoms. The molecule has 184 valence electrons. The summed E-state index contributed by atoms with van der Waals surface area (Å²) >= 11 is 0. The van der Waals surface area contributed by atoms with Crippen LogP contribution in [0.1, 0.15) is 64.5 Å². The number of carbonyl (C=O) groups is 2. The van der Waals surface area contributed by atoms with Crippen molar-refractivity contribution in [2.75, 3.05) is 16.8 Å². The summed E-state index contributed by atoms with van der Waals surface area (Å²) in [5.41, 5.74) is 3.36. The van der Waals surface area contributed by atoms with E-state index in [0.717, 1.165) is 16.8 Å². The topological polar surface area (TPSA) is 95.6 Å². The van der Waals surface area contributed by atoms with Crippen molar-refractivity contribution in [1.82, 2.24) is 4.72 Å². The van der Waals surface area contributed by atoms with Gasteiger partial charge in [0.05, 0.1) is 4.90 Å². The van der Waals surface area contributed by atoms with Crippen LogP contribution in [0.25, 0.3) is 0 Å². The quantitative estimate of drug-likeness (QED) is 0.549. The number of sulfonamides is 1. The van der Waals surface area contributed by atoms with E-state index >= 15 is 0 Å². The molecule has 0 unspecified atom stereocenters. The van der Waals surface area contributed by atoms with E-state index in [4.69, 9.17) is 0 Å². The molecular formula is C26H35N3O4S. The third-order valence-corrected chi connectivity index (χ3v) is 7.50. The highest BCUT2D eigenvalue weighted by molar-refractivity contribution is 7.89. The summed E-state index contributed by atoms with van der Waals surface area (Å²) in [4.78, 5) is 27.0. The lowest BCUT2D eigenvalue weighted by Crippen LogP contribution is -2.44. The molecule has 0 aromatic heterocycles. The number of fused-ring (bicyclic) bond motifs is 1. The molecular weight excluding hydrogens is 450 g/mol. The second kappa shape index (κ2) is 10.7. The first-order valence-electron chi connectivity index (χ1n) is 11.9. The summed E-state index contributed by atoms with van der Waals surface area (Å²) in [5.74, 6) is 0.109. The molecule has 7 nitrogen and oxygen atoms in total. The van der Waals surface area contributed by atoms with Crippen LogP contribution in [0.15, 0.2) is 47.4 Å². The fourth-order valence-corrected chi connectivity index (χ4v) is 5.37. The predicted octanol–water partition coefficient (Wildman–Crippen LogP) is 4.44. The second-order valence-corrected chi connectivity index (χ2v) is 11.2. The molecule has 1 aliphatic heterocycles. The van der Waals surface area contributed by atoms with Gasteiger partial charge >= 0.3 is 0 Å². The van der Waals surface area contributed by atoms with Crippen molar-refractivity contribution in [3.05, 3.63) is 53.6 Å². The zero-order valence-electron chi connectivity index (χ0n) is 20.6. The van der Waals surface area contributed by atoms with Crippen LogP contribution >= 0.6 is 0 Å². The molecule has 34 heavy (non-hydrogen) atoms. The van der Waals surface area contributed by atoms with E-state index in [-0.39, 0.29) is 16.7 Å². The number of hydrogen-bond acceptors (Lipinski definition) is 4. The van der Waals surface area contributed by atoms with Gasteiger partial charge in [0.1, 0.15) is 6.04 Å². The summed E-state index contributed by atoms with van der Waals surface area (Å²) in [6, 6.07) is 11.4. The fourth-order valence-electron chi connectivity index (χ4n) is 4.11. The minimum atomic E-state index is -3.94. The van der Waals surface area contributed by atoms with Gasteiger partial charge in [0.15, 0.2) is 0 Å². The van der Waals surface area contributed by atoms with Gasteiger partial charge in [-0.1, -0.05) is 46.8 Å². The van der Waals surface area contributed by atoms with Crippen molar-refractivity contribution in [2.45, 2.75) is 70.7 Å². The lowest BCUT2D eigenvalue weighted by atomic mass is 10.0. The molecule has 8 heteroatoms. The summed E-state index contributed by atoms with van der Waals surface area (Å²) < 4.78 is 29.0. The van der Waals surface area contributed by atoms with E-state index in [0.29, 0.717) is 37.4 Å². The van der Waals surface area contributed by atoms with Crippen LogP contribution in [0.3, 0.4) is 0 Å². The number of amides is 2. The van der Waals surface area contributed by atoms with Gasteiger partial charge in [-0.2, -0.15) is 4.72 Å². The Kier molecular flexibility index (Phi) is 8.15. The standard InChI is InChI=1S/C26H35N3O4S/c1-6-25(30)29-14-13-20-16-22(11-12-24(20)29)34(32,33)28-23(15-17(2)3)26(31)27-21-9-7-19(8-10-21)18(4)5/h7-12,16-18,23,28H,6,13-15H2,1-5H3,(H,27,31)/t23-/m1/s1. The van der Waals surface area contributed by atoms with E-state index in [2.05, 4.69) is 23.9 Å². The SMILES string of the molecule is CCC(=O)N1CCc2cc(S(=O)(=O)N[C@H](CC(C)C)C(=O)Nc3ccc(C(C)C)cc3)ccc21. The average molecular weight is 486 g/mol. The van der Waals surface area contributed by atoms with Crippen molar-refractivity contribution >= 4 is 33.2 Å². The highest BCUT2D eigenvalue weighted by atomic mass is 32.2. The predicted molar refractivity (Wildman–Crippen MR) is 136 cm³/mol. The zero-order chi connectivity index (χ0) is 25.0. The van der Waals surface area contributed by atoms with Gasteiger partial charge in [-0.05, 0) is 66.1 Å². The van der Waals surface area contributed by atoms with Crippen LogP contribution in [0, 0.1) is 5.92 Å². The molecule has 2 amide bonds. The van der Waals surface area contributed by atoms with Crippen LogP contribution in [0.4, 0.5) is 11.4 Å². The van der Waals surface area contributed by atoms with Crippen molar-refractivity contribution in [1.29, 1.82) is 0 Å². The Balaban J connectivity index is 1.78. The number of nitrogens with one attached hydrogen (secondary N) is 2. The summed E-state index contributed by atoms with van der Waals surface area (Å²) in [5, 5.41) is 2.84. The molecule has 0 radical (unpaired) electrons. The Labute approximate surface area is 203 Å². The highest BCUT2D eigenvalue weighted by Crippen LogP contribution is 2.31. The maximum atomic E-state index is 13.2. The van der Waals surface area contributed by atoms with E-state index < -0.39 is 22.0 Å². The third kappa shape index (κ3) is 6.04. The average Bonchev–Trinajstić information content (AvgIpc) is 3.21. The molecule has 0 saturated carbocycles. The lowest BCUT2D eigenvalue weighted by molar-refractivity contribution is -0.118. The van der Waals surface area contributed by atoms with Crippen molar-refractivity contribution in [2.24, 2.45) is 5.92 Å². The second-order valence-electron chi connectivity index (χ2n) is 9.51. The number of rotatable bonds is 9. The summed E-state index contributed by atoms with van der Waals surface area (Å²) in [6.45, 7) is 10.4. The van der Waals surface area contributed by atoms with Crippen LogP contribution in [-0.2, 0) is 26.0 Å². The van der Waals surface area contributed by atoms with Crippen LogP contribution in [-0.4, -0.2) is 32.8 Å². The molecule has 0 spiro atoms. The van der Waals surface area contributed by atoms with Crippen LogP contribution < -0.4 is 14.9 Å². The monoisotopic (exact) mass is 485 g/mol. The first kappa shape index (κ1) is 25.9. The van der Waals surface area contributed by atoms with Gasteiger partial charge < -0.3 is 10.2 Å². The maximum absolute atomic E-state index is 13.2. The van der Waals surface area contributed by atoms with Crippen LogP contribution in [0.5, 0.6) is 0 Å². The first-order valence-corrected chi connectivity index (χ1v) is 13.4. The Bertz CT molecular complexity index is 1140. The number of hydrogen-bond donors (Lipinski definition) is 2. The minimum absolute atomic E-state index is 0.0163. The molecule has 3 rings (SSSR count). The number of nitrogens with zero attached hydrogens (tertiary/aromatic N) is 1. The Morgan fingerprint density at radius 1 is 1.03 bits per heavy atom. The molecule has 1 heterocycles. The molecule has 2 aromatic rings. The van der Waals surface area contributed by atoms with Crippen molar-refractivity contribution in [3.8, 4) is 0 Å². The van der Waals surface area contributed by atoms with Gasteiger partial charge in [0.2, 0.25) is 21.8 Å². The largest absolute Gasteiger partial charge is 0.325 e. The smallest absolute Gasteiger partial charge is 0.242 e.